The van der Waals surface area contributed by atoms with Crippen LogP contribution in [-0.4, -0.2) is 55.1 Å². The number of aromatic nitrogens is 1. The van der Waals surface area contributed by atoms with Crippen molar-refractivity contribution >= 4 is 21.4 Å². The molecule has 2 unspecified atom stereocenters. The summed E-state index contributed by atoms with van der Waals surface area (Å²) in [6.07, 6.45) is 4.73. The van der Waals surface area contributed by atoms with E-state index in [1.54, 1.807) is 6.20 Å². The van der Waals surface area contributed by atoms with Gasteiger partial charge in [0.2, 0.25) is 0 Å². The van der Waals surface area contributed by atoms with E-state index in [1.165, 1.54) is 0 Å². The number of halogens is 1. The van der Waals surface area contributed by atoms with Crippen molar-refractivity contribution in [1.29, 1.82) is 0 Å². The van der Waals surface area contributed by atoms with Crippen LogP contribution >= 0.6 is 11.6 Å². The second-order valence-corrected chi connectivity index (χ2v) is 8.72. The van der Waals surface area contributed by atoms with E-state index >= 15 is 0 Å². The number of hydrogen-bond acceptors (Lipinski definition) is 5. The molecule has 5 nitrogen and oxygen atoms in total. The quantitative estimate of drug-likeness (QED) is 0.763. The fraction of sp³-hybridized carbons (Fsp3) is 0.667. The van der Waals surface area contributed by atoms with E-state index in [4.69, 9.17) is 16.3 Å². The van der Waals surface area contributed by atoms with Crippen LogP contribution < -0.4 is 0 Å². The zero-order valence-electron chi connectivity index (χ0n) is 12.4. The molecule has 0 saturated carbocycles. The van der Waals surface area contributed by atoms with Crippen LogP contribution in [0.2, 0.25) is 5.15 Å². The van der Waals surface area contributed by atoms with E-state index in [1.807, 2.05) is 12.1 Å². The van der Waals surface area contributed by atoms with Gasteiger partial charge in [0, 0.05) is 31.9 Å². The van der Waals surface area contributed by atoms with Gasteiger partial charge < -0.3 is 4.74 Å². The summed E-state index contributed by atoms with van der Waals surface area (Å²) in [6, 6.07) is 3.84. The van der Waals surface area contributed by atoms with Crippen molar-refractivity contribution in [2.75, 3.05) is 24.7 Å². The number of pyridine rings is 1. The first-order valence-electron chi connectivity index (χ1n) is 7.68. The second kappa shape index (κ2) is 6.83. The van der Waals surface area contributed by atoms with Crippen LogP contribution in [-0.2, 0) is 21.1 Å². The van der Waals surface area contributed by atoms with Crippen LogP contribution in [0.3, 0.4) is 0 Å². The molecule has 3 rings (SSSR count). The molecule has 2 saturated heterocycles. The molecule has 1 aromatic rings. The molecule has 0 spiro atoms. The van der Waals surface area contributed by atoms with Crippen LogP contribution in [0, 0.1) is 0 Å². The Morgan fingerprint density at radius 1 is 1.41 bits per heavy atom. The fourth-order valence-corrected chi connectivity index (χ4v) is 5.19. The third kappa shape index (κ3) is 4.19. The van der Waals surface area contributed by atoms with E-state index in [-0.39, 0.29) is 23.7 Å². The predicted molar refractivity (Wildman–Crippen MR) is 85.7 cm³/mol. The Morgan fingerprint density at radius 2 is 2.27 bits per heavy atom. The highest BCUT2D eigenvalue weighted by molar-refractivity contribution is 7.91. The first kappa shape index (κ1) is 16.2. The summed E-state index contributed by atoms with van der Waals surface area (Å²) < 4.78 is 29.3. The van der Waals surface area contributed by atoms with E-state index in [0.717, 1.165) is 31.6 Å². The molecule has 2 atom stereocenters. The molecule has 2 fully saturated rings. The Balaban J connectivity index is 1.73. The zero-order valence-corrected chi connectivity index (χ0v) is 14.0. The van der Waals surface area contributed by atoms with Gasteiger partial charge in [0.15, 0.2) is 9.84 Å². The molecule has 0 bridgehead atoms. The summed E-state index contributed by atoms with van der Waals surface area (Å²) in [6.45, 7) is 2.27. The largest absolute Gasteiger partial charge is 0.377 e. The van der Waals surface area contributed by atoms with Crippen molar-refractivity contribution in [3.63, 3.8) is 0 Å². The molecule has 22 heavy (non-hydrogen) atoms. The first-order chi connectivity index (χ1) is 10.5. The van der Waals surface area contributed by atoms with Crippen LogP contribution in [0.25, 0.3) is 0 Å². The van der Waals surface area contributed by atoms with Crippen LogP contribution in [0.1, 0.15) is 24.8 Å². The highest BCUT2D eigenvalue weighted by Gasteiger charge is 2.33. The molecule has 0 aliphatic carbocycles. The zero-order chi connectivity index (χ0) is 15.6. The van der Waals surface area contributed by atoms with Gasteiger partial charge >= 0.3 is 0 Å². The van der Waals surface area contributed by atoms with Crippen molar-refractivity contribution < 1.29 is 13.2 Å². The SMILES string of the molecule is O=S1(=O)CCC(N(Cc2ccnc(Cl)c2)CC2CCCO2)C1. The topological polar surface area (TPSA) is 59.5 Å². The molecular formula is C15H21ClN2O3S. The van der Waals surface area contributed by atoms with Gasteiger partial charge in [-0.15, -0.1) is 0 Å². The van der Waals surface area contributed by atoms with Gasteiger partial charge in [0.1, 0.15) is 5.15 Å². The van der Waals surface area contributed by atoms with Crippen LogP contribution in [0.4, 0.5) is 0 Å². The lowest BCUT2D eigenvalue weighted by molar-refractivity contribution is 0.0574. The first-order valence-corrected chi connectivity index (χ1v) is 9.88. The molecule has 0 radical (unpaired) electrons. The molecule has 7 heteroatoms. The molecular weight excluding hydrogens is 324 g/mol. The lowest BCUT2D eigenvalue weighted by atomic mass is 10.1. The van der Waals surface area contributed by atoms with E-state index in [2.05, 4.69) is 9.88 Å². The summed E-state index contributed by atoms with van der Waals surface area (Å²) in [5.74, 6) is 0.537. The summed E-state index contributed by atoms with van der Waals surface area (Å²) in [4.78, 5) is 6.24. The van der Waals surface area contributed by atoms with Gasteiger partial charge in [0.05, 0.1) is 17.6 Å². The maximum atomic E-state index is 11.8. The lowest BCUT2D eigenvalue weighted by Crippen LogP contribution is -2.40. The summed E-state index contributed by atoms with van der Waals surface area (Å²) in [7, 11) is -2.90. The fourth-order valence-electron chi connectivity index (χ4n) is 3.23. The van der Waals surface area contributed by atoms with Crippen molar-refractivity contribution in [2.24, 2.45) is 0 Å². The third-order valence-electron chi connectivity index (χ3n) is 4.36. The molecule has 2 aliphatic heterocycles. The van der Waals surface area contributed by atoms with E-state index < -0.39 is 9.84 Å². The van der Waals surface area contributed by atoms with E-state index in [9.17, 15) is 8.42 Å². The monoisotopic (exact) mass is 344 g/mol. The molecule has 0 aromatic carbocycles. The normalized spacial score (nSPS) is 27.5. The molecule has 1 aromatic heterocycles. The number of hydrogen-bond donors (Lipinski definition) is 0. The molecule has 122 valence electrons. The Hall–Kier alpha value is -0.690. The summed E-state index contributed by atoms with van der Waals surface area (Å²) >= 11 is 5.95. The van der Waals surface area contributed by atoms with Crippen molar-refractivity contribution in [1.82, 2.24) is 9.88 Å². The maximum Gasteiger partial charge on any atom is 0.151 e. The minimum atomic E-state index is -2.90. The molecule has 2 aliphatic rings. The van der Waals surface area contributed by atoms with Crippen molar-refractivity contribution in [3.8, 4) is 0 Å². The third-order valence-corrected chi connectivity index (χ3v) is 6.32. The Morgan fingerprint density at radius 3 is 2.91 bits per heavy atom. The summed E-state index contributed by atoms with van der Waals surface area (Å²) in [5, 5.41) is 0.466. The van der Waals surface area contributed by atoms with Gasteiger partial charge in [-0.05, 0) is 37.0 Å². The number of ether oxygens (including phenoxy) is 1. The average molecular weight is 345 g/mol. The van der Waals surface area contributed by atoms with Crippen molar-refractivity contribution in [3.05, 3.63) is 29.0 Å². The van der Waals surface area contributed by atoms with Gasteiger partial charge in [-0.3, -0.25) is 4.90 Å². The number of sulfone groups is 1. The molecule has 0 N–H and O–H groups in total. The Labute approximate surface area is 136 Å². The highest BCUT2D eigenvalue weighted by Crippen LogP contribution is 2.23. The lowest BCUT2D eigenvalue weighted by Gasteiger charge is -2.30. The Kier molecular flexibility index (Phi) is 5.02. The predicted octanol–water partition coefficient (Wildman–Crippen LogP) is 1.90. The number of rotatable bonds is 5. The number of nitrogens with zero attached hydrogens (tertiary/aromatic N) is 2. The molecule has 0 amide bonds. The van der Waals surface area contributed by atoms with Gasteiger partial charge in [-0.25, -0.2) is 13.4 Å². The summed E-state index contributed by atoms with van der Waals surface area (Å²) in [5.41, 5.74) is 1.06. The Bertz CT molecular complexity index is 617. The highest BCUT2D eigenvalue weighted by atomic mass is 35.5. The maximum absolute atomic E-state index is 11.8. The van der Waals surface area contributed by atoms with Gasteiger partial charge in [-0.2, -0.15) is 0 Å². The standard InChI is InChI=1S/C15H21ClN2O3S/c16-15-8-12(3-5-17-15)9-18(10-14-2-1-6-21-14)13-4-7-22(19,20)11-13/h3,5,8,13-14H,1-2,4,6-7,9-11H2. The average Bonchev–Trinajstić information content (AvgIpc) is 3.07. The van der Waals surface area contributed by atoms with Gasteiger partial charge in [-0.1, -0.05) is 11.6 Å². The van der Waals surface area contributed by atoms with Crippen molar-refractivity contribution in [2.45, 2.75) is 38.0 Å². The minimum absolute atomic E-state index is 0.0705. The van der Waals surface area contributed by atoms with Crippen LogP contribution in [0.5, 0.6) is 0 Å². The van der Waals surface area contributed by atoms with Gasteiger partial charge in [0.25, 0.3) is 0 Å². The molecule has 3 heterocycles. The van der Waals surface area contributed by atoms with E-state index in [0.29, 0.717) is 18.1 Å². The second-order valence-electron chi connectivity index (χ2n) is 6.11. The smallest absolute Gasteiger partial charge is 0.151 e. The minimum Gasteiger partial charge on any atom is -0.377 e. The van der Waals surface area contributed by atoms with Crippen LogP contribution in [0.15, 0.2) is 18.3 Å².